The van der Waals surface area contributed by atoms with Crippen molar-refractivity contribution in [3.8, 4) is 0 Å². The summed E-state index contributed by atoms with van der Waals surface area (Å²) in [5.74, 6) is -2.16. The van der Waals surface area contributed by atoms with Gasteiger partial charge in [-0.2, -0.15) is 11.8 Å². The summed E-state index contributed by atoms with van der Waals surface area (Å²) in [6, 6.07) is 5.66. The van der Waals surface area contributed by atoms with Crippen molar-refractivity contribution in [3.05, 3.63) is 35.4 Å². The first-order valence-corrected chi connectivity index (χ1v) is 15.7. The highest BCUT2D eigenvalue weighted by Crippen LogP contribution is 2.33. The van der Waals surface area contributed by atoms with Crippen molar-refractivity contribution in [2.45, 2.75) is 103 Å². The lowest BCUT2D eigenvalue weighted by molar-refractivity contribution is -0.00683. The Morgan fingerprint density at radius 1 is 0.816 bits per heavy atom. The van der Waals surface area contributed by atoms with Crippen molar-refractivity contribution >= 4 is 33.4 Å². The van der Waals surface area contributed by atoms with Crippen molar-refractivity contribution in [3.63, 3.8) is 0 Å². The predicted molar refractivity (Wildman–Crippen MR) is 156 cm³/mol. The smallest absolute Gasteiger partial charge is 0.335 e. The Bertz CT molecular complexity index is 1030. The molecule has 1 aromatic rings. The average molecular weight is 573 g/mol. The molecular weight excluding hydrogens is 524 g/mol. The summed E-state index contributed by atoms with van der Waals surface area (Å²) in [5, 5.41) is 9.19. The van der Waals surface area contributed by atoms with Crippen LogP contribution in [0.25, 0.3) is 0 Å². The van der Waals surface area contributed by atoms with Gasteiger partial charge in [0.2, 0.25) is 0 Å². The van der Waals surface area contributed by atoms with Gasteiger partial charge in [-0.1, -0.05) is 26.0 Å². The number of carbonyl (C=O) groups excluding carboxylic acids is 1. The Morgan fingerprint density at radius 2 is 1.26 bits per heavy atom. The molecule has 0 saturated carbocycles. The van der Waals surface area contributed by atoms with Crippen LogP contribution in [-0.2, 0) is 19.3 Å². The molecule has 0 spiro atoms. The maximum absolute atomic E-state index is 13.6. The van der Waals surface area contributed by atoms with Crippen LogP contribution in [0.4, 0.5) is 0 Å². The van der Waals surface area contributed by atoms with Gasteiger partial charge in [-0.25, -0.2) is 13.2 Å². The summed E-state index contributed by atoms with van der Waals surface area (Å²) in [4.78, 5) is 24.8. The molecule has 0 bridgehead atoms. The van der Waals surface area contributed by atoms with Crippen LogP contribution in [0.3, 0.4) is 0 Å². The molecule has 7 nitrogen and oxygen atoms in total. The van der Waals surface area contributed by atoms with Crippen LogP contribution in [0.1, 0.15) is 103 Å². The van der Waals surface area contributed by atoms with Gasteiger partial charge in [0.1, 0.15) is 0 Å². The van der Waals surface area contributed by atoms with Crippen molar-refractivity contribution < 1.29 is 32.6 Å². The lowest BCUT2D eigenvalue weighted by atomic mass is 10.00. The zero-order chi connectivity index (χ0) is 29.6. The molecule has 218 valence electrons. The van der Waals surface area contributed by atoms with Gasteiger partial charge in [-0.15, -0.1) is 0 Å². The van der Waals surface area contributed by atoms with Crippen LogP contribution in [-0.4, -0.2) is 70.7 Å². The van der Waals surface area contributed by atoms with Crippen LogP contribution in [0.2, 0.25) is 0 Å². The van der Waals surface area contributed by atoms with Crippen molar-refractivity contribution in [1.29, 1.82) is 0 Å². The van der Waals surface area contributed by atoms with Gasteiger partial charge in [0, 0.05) is 35.2 Å². The first-order chi connectivity index (χ1) is 17.1. The summed E-state index contributed by atoms with van der Waals surface area (Å²) >= 11 is 1.56. The number of ketones is 1. The third-order valence-electron chi connectivity index (χ3n) is 6.20. The first-order valence-electron chi connectivity index (χ1n) is 13.1. The molecule has 0 saturated heterocycles. The molecule has 0 radical (unpaired) electrons. The molecule has 0 aliphatic heterocycles. The first kappa shape index (κ1) is 34.6. The van der Waals surface area contributed by atoms with Gasteiger partial charge < -0.3 is 14.6 Å². The molecular formula is C29H48O7S2. The average Bonchev–Trinajstić information content (AvgIpc) is 2.74. The monoisotopic (exact) mass is 572 g/mol. The van der Waals surface area contributed by atoms with Crippen molar-refractivity contribution in [2.24, 2.45) is 5.92 Å². The summed E-state index contributed by atoms with van der Waals surface area (Å²) in [6.07, 6.45) is 1.05. The molecule has 1 aromatic carbocycles. The Balaban J connectivity index is 3.14. The standard InChI is InChI=1S/C29H48O7S2/c1-26(2,3)35-17-15-28(7,8)37-19-23(24(30)21-11-13-22(14-12-21)25(31)32)20-38(33,34)29(9,10)16-18-36-27(4,5)6/h11-14,23H,15-20H2,1-10H3,(H,31,32). The zero-order valence-corrected chi connectivity index (χ0v) is 26.5. The number of sulfone groups is 1. The van der Waals surface area contributed by atoms with E-state index in [0.717, 1.165) is 6.42 Å². The second-order valence-electron chi connectivity index (χ2n) is 13.0. The summed E-state index contributed by atoms with van der Waals surface area (Å²) in [7, 11) is -3.69. The lowest BCUT2D eigenvalue weighted by Gasteiger charge is -2.31. The second-order valence-corrected chi connectivity index (χ2v) is 17.4. The van der Waals surface area contributed by atoms with Crippen LogP contribution in [0, 0.1) is 5.92 Å². The van der Waals surface area contributed by atoms with Crippen LogP contribution in [0.15, 0.2) is 24.3 Å². The van der Waals surface area contributed by atoms with Crippen molar-refractivity contribution in [1.82, 2.24) is 0 Å². The highest BCUT2D eigenvalue weighted by molar-refractivity contribution is 8.00. The minimum Gasteiger partial charge on any atom is -0.478 e. The number of aromatic carboxylic acids is 1. The Hall–Kier alpha value is -1.42. The van der Waals surface area contributed by atoms with E-state index in [1.165, 1.54) is 24.3 Å². The van der Waals surface area contributed by atoms with E-state index in [1.54, 1.807) is 25.6 Å². The fourth-order valence-corrected chi connectivity index (χ4v) is 6.41. The number of hydrogen-bond donors (Lipinski definition) is 1. The topological polar surface area (TPSA) is 107 Å². The number of rotatable bonds is 15. The molecule has 0 fully saturated rings. The van der Waals surface area contributed by atoms with Gasteiger partial charge in [-0.05, 0) is 80.4 Å². The van der Waals surface area contributed by atoms with Gasteiger partial charge in [-0.3, -0.25) is 4.79 Å². The van der Waals surface area contributed by atoms with E-state index >= 15 is 0 Å². The summed E-state index contributed by atoms with van der Waals surface area (Å²) in [5.41, 5.74) is -0.254. The third kappa shape index (κ3) is 12.2. The van der Waals surface area contributed by atoms with E-state index in [-0.39, 0.29) is 33.0 Å². The summed E-state index contributed by atoms with van der Waals surface area (Å²) < 4.78 is 37.5. The van der Waals surface area contributed by atoms with E-state index in [2.05, 4.69) is 13.8 Å². The molecule has 1 N–H and O–H groups in total. The molecule has 1 atom stereocenters. The number of hydrogen-bond acceptors (Lipinski definition) is 7. The lowest BCUT2D eigenvalue weighted by Crippen LogP contribution is -2.40. The van der Waals surface area contributed by atoms with Crippen LogP contribution < -0.4 is 0 Å². The minimum absolute atomic E-state index is 0.0695. The normalized spacial score (nSPS) is 14.4. The van der Waals surface area contributed by atoms with Crippen LogP contribution in [0.5, 0.6) is 0 Å². The molecule has 1 unspecified atom stereocenters. The number of Topliss-reactive ketones (excluding diaryl/α,β-unsaturated/α-hetero) is 1. The number of carbonyl (C=O) groups is 2. The minimum atomic E-state index is -3.69. The van der Waals surface area contributed by atoms with E-state index < -0.39 is 26.5 Å². The quantitative estimate of drug-likeness (QED) is 0.244. The number of carboxylic acids is 1. The van der Waals surface area contributed by atoms with Gasteiger partial charge in [0.25, 0.3) is 0 Å². The number of thioether (sulfide) groups is 1. The van der Waals surface area contributed by atoms with E-state index in [1.807, 2.05) is 41.5 Å². The SMILES string of the molecule is CC(C)(C)OCCC(C)(C)SCC(CS(=O)(=O)C(C)(C)CCOC(C)(C)C)C(=O)c1ccc(C(=O)O)cc1. The van der Waals surface area contributed by atoms with Gasteiger partial charge in [0.15, 0.2) is 15.6 Å². The molecule has 0 heterocycles. The third-order valence-corrected chi connectivity index (χ3v) is 10.5. The van der Waals surface area contributed by atoms with E-state index in [9.17, 15) is 23.1 Å². The molecule has 0 aliphatic rings. The highest BCUT2D eigenvalue weighted by atomic mass is 32.2. The maximum Gasteiger partial charge on any atom is 0.335 e. The van der Waals surface area contributed by atoms with Gasteiger partial charge in [0.05, 0.1) is 27.3 Å². The summed E-state index contributed by atoms with van der Waals surface area (Å²) in [6.45, 7) is 20.1. The maximum atomic E-state index is 13.6. The van der Waals surface area contributed by atoms with E-state index in [4.69, 9.17) is 9.47 Å². The highest BCUT2D eigenvalue weighted by Gasteiger charge is 2.39. The fourth-order valence-electron chi connectivity index (χ4n) is 3.46. The Kier molecular flexibility index (Phi) is 12.1. The molecule has 9 heteroatoms. The predicted octanol–water partition coefficient (Wildman–Crippen LogP) is 6.30. The van der Waals surface area contributed by atoms with E-state index in [0.29, 0.717) is 31.0 Å². The second kappa shape index (κ2) is 13.3. The molecule has 0 amide bonds. The number of carboxylic acid groups (broad SMARTS) is 1. The largest absolute Gasteiger partial charge is 0.478 e. The number of benzene rings is 1. The molecule has 0 aromatic heterocycles. The molecule has 38 heavy (non-hydrogen) atoms. The zero-order valence-electron chi connectivity index (χ0n) is 24.8. The fraction of sp³-hybridized carbons (Fsp3) is 0.724. The Labute approximate surface area is 234 Å². The molecule has 0 aliphatic carbocycles. The molecule has 1 rings (SSSR count). The Morgan fingerprint density at radius 3 is 1.71 bits per heavy atom. The van der Waals surface area contributed by atoms with Crippen molar-refractivity contribution in [2.75, 3.05) is 24.7 Å². The van der Waals surface area contributed by atoms with Gasteiger partial charge >= 0.3 is 5.97 Å². The number of ether oxygens (including phenoxy) is 2. The van der Waals surface area contributed by atoms with Crippen LogP contribution >= 0.6 is 11.8 Å².